The zero-order valence-corrected chi connectivity index (χ0v) is 9.29. The van der Waals surface area contributed by atoms with Gasteiger partial charge in [-0.15, -0.1) is 0 Å². The van der Waals surface area contributed by atoms with Gasteiger partial charge in [-0.3, -0.25) is 0 Å². The maximum absolute atomic E-state index is 5.12. The lowest BCUT2D eigenvalue weighted by Crippen LogP contribution is -2.17. The third kappa shape index (κ3) is 2.32. The molecule has 0 aromatic heterocycles. The fraction of sp³-hybridized carbons (Fsp3) is 0.385. The Morgan fingerprint density at radius 2 is 2.00 bits per heavy atom. The van der Waals surface area contributed by atoms with Gasteiger partial charge in [-0.25, -0.2) is 0 Å². The molecule has 2 rings (SSSR count). The Balaban J connectivity index is 2.01. The van der Waals surface area contributed by atoms with Crippen molar-refractivity contribution in [1.29, 1.82) is 0 Å². The number of methoxy groups -OCH3 is 1. The van der Waals surface area contributed by atoms with Crippen molar-refractivity contribution >= 4 is 5.69 Å². The molecule has 1 aliphatic rings. The second-order valence-electron chi connectivity index (χ2n) is 3.95. The van der Waals surface area contributed by atoms with E-state index in [0.29, 0.717) is 6.04 Å². The first kappa shape index (κ1) is 10.1. The van der Waals surface area contributed by atoms with Crippen molar-refractivity contribution in [3.8, 4) is 5.75 Å². The van der Waals surface area contributed by atoms with E-state index in [-0.39, 0.29) is 0 Å². The average Bonchev–Trinajstić information content (AvgIpc) is 2.66. The molecule has 0 saturated carbocycles. The van der Waals surface area contributed by atoms with Crippen molar-refractivity contribution in [2.75, 3.05) is 12.4 Å². The number of allylic oxidation sites excluding steroid dienone is 1. The largest absolute Gasteiger partial charge is 0.497 e. The van der Waals surface area contributed by atoms with Gasteiger partial charge in [-0.05, 0) is 44.0 Å². The van der Waals surface area contributed by atoms with E-state index in [1.54, 1.807) is 7.11 Å². The molecular formula is C13H17NO. The van der Waals surface area contributed by atoms with Gasteiger partial charge in [0.2, 0.25) is 0 Å². The number of hydrogen-bond donors (Lipinski definition) is 1. The molecule has 0 fully saturated rings. The second kappa shape index (κ2) is 4.39. The van der Waals surface area contributed by atoms with Gasteiger partial charge in [0.15, 0.2) is 0 Å². The Hall–Kier alpha value is -1.44. The number of hydrogen-bond acceptors (Lipinski definition) is 2. The van der Waals surface area contributed by atoms with Gasteiger partial charge in [-0.1, -0.05) is 11.6 Å². The molecule has 1 aliphatic carbocycles. The molecule has 15 heavy (non-hydrogen) atoms. The van der Waals surface area contributed by atoms with Gasteiger partial charge in [0.05, 0.1) is 7.11 Å². The molecule has 1 N–H and O–H groups in total. The predicted molar refractivity (Wildman–Crippen MR) is 63.4 cm³/mol. The first-order chi connectivity index (χ1) is 7.29. The van der Waals surface area contributed by atoms with Crippen LogP contribution in [0.5, 0.6) is 5.75 Å². The van der Waals surface area contributed by atoms with Gasteiger partial charge in [-0.2, -0.15) is 0 Å². The molecule has 0 saturated heterocycles. The van der Waals surface area contributed by atoms with Crippen LogP contribution in [0.4, 0.5) is 5.69 Å². The standard InChI is InChI=1S/C13H17NO/c1-10-4-3-5-13(10)14-11-6-8-12(15-2)9-7-11/h4,6-9,13-14H,3,5H2,1-2H3. The van der Waals surface area contributed by atoms with E-state index in [2.05, 4.69) is 30.4 Å². The monoisotopic (exact) mass is 203 g/mol. The summed E-state index contributed by atoms with van der Waals surface area (Å²) in [6.45, 7) is 2.19. The Morgan fingerprint density at radius 1 is 1.27 bits per heavy atom. The van der Waals surface area contributed by atoms with Crippen LogP contribution in [0, 0.1) is 0 Å². The van der Waals surface area contributed by atoms with Gasteiger partial charge in [0.1, 0.15) is 5.75 Å². The molecular weight excluding hydrogens is 186 g/mol. The van der Waals surface area contributed by atoms with Gasteiger partial charge >= 0.3 is 0 Å². The van der Waals surface area contributed by atoms with Crippen molar-refractivity contribution in [3.63, 3.8) is 0 Å². The zero-order chi connectivity index (χ0) is 10.7. The van der Waals surface area contributed by atoms with Crippen LogP contribution in [0.3, 0.4) is 0 Å². The number of benzene rings is 1. The third-order valence-corrected chi connectivity index (χ3v) is 2.90. The van der Waals surface area contributed by atoms with Gasteiger partial charge in [0, 0.05) is 11.7 Å². The molecule has 1 aromatic carbocycles. The lowest BCUT2D eigenvalue weighted by Gasteiger charge is -2.16. The Labute approximate surface area is 91.0 Å². The number of nitrogens with one attached hydrogen (secondary N) is 1. The highest BCUT2D eigenvalue weighted by atomic mass is 16.5. The van der Waals surface area contributed by atoms with E-state index in [9.17, 15) is 0 Å². The van der Waals surface area contributed by atoms with Crippen LogP contribution >= 0.6 is 0 Å². The fourth-order valence-corrected chi connectivity index (χ4v) is 1.92. The molecule has 1 atom stereocenters. The topological polar surface area (TPSA) is 21.3 Å². The summed E-state index contributed by atoms with van der Waals surface area (Å²) in [6.07, 6.45) is 4.71. The van der Waals surface area contributed by atoms with Crippen LogP contribution in [0.25, 0.3) is 0 Å². The highest BCUT2D eigenvalue weighted by molar-refractivity contribution is 5.48. The van der Waals surface area contributed by atoms with E-state index in [4.69, 9.17) is 4.74 Å². The highest BCUT2D eigenvalue weighted by Crippen LogP contribution is 2.23. The number of rotatable bonds is 3. The molecule has 0 aliphatic heterocycles. The SMILES string of the molecule is COc1ccc(NC2CCC=C2C)cc1. The van der Waals surface area contributed by atoms with Crippen LogP contribution < -0.4 is 10.1 Å². The normalized spacial score (nSPS) is 19.9. The molecule has 0 bridgehead atoms. The molecule has 0 radical (unpaired) electrons. The summed E-state index contributed by atoms with van der Waals surface area (Å²) in [5.74, 6) is 0.902. The van der Waals surface area contributed by atoms with Crippen LogP contribution in [0.15, 0.2) is 35.9 Å². The molecule has 0 heterocycles. The third-order valence-electron chi connectivity index (χ3n) is 2.90. The van der Waals surface area contributed by atoms with Crippen LogP contribution in [0.2, 0.25) is 0 Å². The maximum Gasteiger partial charge on any atom is 0.119 e. The molecule has 80 valence electrons. The Morgan fingerprint density at radius 3 is 2.53 bits per heavy atom. The molecule has 1 aromatic rings. The maximum atomic E-state index is 5.12. The Kier molecular flexibility index (Phi) is 2.95. The highest BCUT2D eigenvalue weighted by Gasteiger charge is 2.14. The van der Waals surface area contributed by atoms with Crippen molar-refractivity contribution < 1.29 is 4.74 Å². The predicted octanol–water partition coefficient (Wildman–Crippen LogP) is 3.22. The minimum atomic E-state index is 0.512. The van der Waals surface area contributed by atoms with E-state index < -0.39 is 0 Å². The van der Waals surface area contributed by atoms with Crippen molar-refractivity contribution in [2.24, 2.45) is 0 Å². The van der Waals surface area contributed by atoms with Crippen LogP contribution in [0.1, 0.15) is 19.8 Å². The lowest BCUT2D eigenvalue weighted by molar-refractivity contribution is 0.415. The number of ether oxygens (including phenoxy) is 1. The van der Waals surface area contributed by atoms with Crippen molar-refractivity contribution in [1.82, 2.24) is 0 Å². The molecule has 1 unspecified atom stereocenters. The summed E-state index contributed by atoms with van der Waals surface area (Å²) in [5, 5.41) is 3.52. The van der Waals surface area contributed by atoms with E-state index >= 15 is 0 Å². The van der Waals surface area contributed by atoms with E-state index in [1.165, 1.54) is 18.4 Å². The van der Waals surface area contributed by atoms with Gasteiger partial charge < -0.3 is 10.1 Å². The summed E-state index contributed by atoms with van der Waals surface area (Å²) >= 11 is 0. The zero-order valence-electron chi connectivity index (χ0n) is 9.29. The van der Waals surface area contributed by atoms with Crippen molar-refractivity contribution in [3.05, 3.63) is 35.9 Å². The summed E-state index contributed by atoms with van der Waals surface area (Å²) in [5.41, 5.74) is 2.61. The first-order valence-electron chi connectivity index (χ1n) is 5.37. The fourth-order valence-electron chi connectivity index (χ4n) is 1.92. The van der Waals surface area contributed by atoms with E-state index in [0.717, 1.165) is 11.4 Å². The molecule has 2 heteroatoms. The second-order valence-corrected chi connectivity index (χ2v) is 3.95. The molecule has 0 spiro atoms. The lowest BCUT2D eigenvalue weighted by atomic mass is 10.1. The smallest absolute Gasteiger partial charge is 0.119 e. The van der Waals surface area contributed by atoms with Crippen LogP contribution in [-0.2, 0) is 0 Å². The first-order valence-corrected chi connectivity index (χ1v) is 5.37. The number of anilines is 1. The molecule has 0 amide bonds. The quantitative estimate of drug-likeness (QED) is 0.762. The van der Waals surface area contributed by atoms with Crippen LogP contribution in [-0.4, -0.2) is 13.2 Å². The summed E-state index contributed by atoms with van der Waals surface area (Å²) < 4.78 is 5.12. The van der Waals surface area contributed by atoms with E-state index in [1.807, 2.05) is 12.1 Å². The average molecular weight is 203 g/mol. The summed E-state index contributed by atoms with van der Waals surface area (Å²) in [4.78, 5) is 0. The van der Waals surface area contributed by atoms with Crippen molar-refractivity contribution in [2.45, 2.75) is 25.8 Å². The summed E-state index contributed by atoms with van der Waals surface area (Å²) in [6, 6.07) is 8.60. The molecule has 2 nitrogen and oxygen atoms in total. The Bertz CT molecular complexity index is 353. The minimum absolute atomic E-state index is 0.512. The minimum Gasteiger partial charge on any atom is -0.497 e. The summed E-state index contributed by atoms with van der Waals surface area (Å²) in [7, 11) is 1.69. The van der Waals surface area contributed by atoms with Gasteiger partial charge in [0.25, 0.3) is 0 Å².